The van der Waals surface area contributed by atoms with Gasteiger partial charge in [-0.05, 0) is 24.3 Å². The summed E-state index contributed by atoms with van der Waals surface area (Å²) in [7, 11) is 1.94. The lowest BCUT2D eigenvalue weighted by Gasteiger charge is -2.05. The number of fused-ring (bicyclic) bond motifs is 1. The highest BCUT2D eigenvalue weighted by Crippen LogP contribution is 2.14. The lowest BCUT2D eigenvalue weighted by atomic mass is 10.2. The molecule has 24 heavy (non-hydrogen) atoms. The van der Waals surface area contributed by atoms with Gasteiger partial charge in [0.15, 0.2) is 0 Å². The SMILES string of the molecule is Cn1c(CCNC(=O)c2ccc(C(=O)O)cn2)nc2ccccc21. The Morgan fingerprint density at radius 2 is 2.00 bits per heavy atom. The quantitative estimate of drug-likeness (QED) is 0.743. The number of carbonyl (C=O) groups is 2. The van der Waals surface area contributed by atoms with E-state index in [-0.39, 0.29) is 17.2 Å². The van der Waals surface area contributed by atoms with Crippen LogP contribution in [-0.2, 0) is 13.5 Å². The minimum absolute atomic E-state index is 0.0475. The molecule has 0 aliphatic carbocycles. The fourth-order valence-electron chi connectivity index (χ4n) is 2.45. The Kier molecular flexibility index (Phi) is 4.24. The number of carbonyl (C=O) groups excluding carboxylic acids is 1. The van der Waals surface area contributed by atoms with Crippen LogP contribution in [0.3, 0.4) is 0 Å². The highest BCUT2D eigenvalue weighted by Gasteiger charge is 2.11. The average Bonchev–Trinajstić information content (AvgIpc) is 2.91. The molecule has 122 valence electrons. The molecule has 0 aliphatic rings. The van der Waals surface area contributed by atoms with Crippen molar-refractivity contribution in [1.82, 2.24) is 19.9 Å². The van der Waals surface area contributed by atoms with Crippen molar-refractivity contribution < 1.29 is 14.7 Å². The van der Waals surface area contributed by atoms with Crippen LogP contribution in [0.1, 0.15) is 26.7 Å². The molecule has 0 atom stereocenters. The van der Waals surface area contributed by atoms with Crippen molar-refractivity contribution in [3.63, 3.8) is 0 Å². The molecule has 0 bridgehead atoms. The van der Waals surface area contributed by atoms with Gasteiger partial charge in [-0.15, -0.1) is 0 Å². The fraction of sp³-hybridized carbons (Fsp3) is 0.176. The summed E-state index contributed by atoms with van der Waals surface area (Å²) < 4.78 is 2.00. The molecule has 3 rings (SSSR count). The van der Waals surface area contributed by atoms with E-state index in [4.69, 9.17) is 5.11 Å². The van der Waals surface area contributed by atoms with Crippen LogP contribution in [0.25, 0.3) is 11.0 Å². The Hall–Kier alpha value is -3.22. The van der Waals surface area contributed by atoms with Gasteiger partial charge in [0, 0.05) is 26.2 Å². The molecule has 0 aliphatic heterocycles. The molecule has 7 heteroatoms. The Labute approximate surface area is 138 Å². The molecular weight excluding hydrogens is 308 g/mol. The number of nitrogens with zero attached hydrogens (tertiary/aromatic N) is 3. The van der Waals surface area contributed by atoms with Gasteiger partial charge in [-0.1, -0.05) is 12.1 Å². The maximum absolute atomic E-state index is 12.0. The molecule has 0 unspecified atom stereocenters. The molecule has 7 nitrogen and oxygen atoms in total. The first-order valence-corrected chi connectivity index (χ1v) is 7.44. The average molecular weight is 324 g/mol. The Balaban J connectivity index is 1.62. The third kappa shape index (κ3) is 3.10. The number of rotatable bonds is 5. The number of pyridine rings is 1. The lowest BCUT2D eigenvalue weighted by molar-refractivity contribution is 0.0695. The van der Waals surface area contributed by atoms with Crippen molar-refractivity contribution in [2.75, 3.05) is 6.54 Å². The second-order valence-electron chi connectivity index (χ2n) is 5.32. The predicted octanol–water partition coefficient (Wildman–Crippen LogP) is 1.64. The van der Waals surface area contributed by atoms with Gasteiger partial charge in [-0.2, -0.15) is 0 Å². The van der Waals surface area contributed by atoms with E-state index in [1.165, 1.54) is 18.3 Å². The minimum atomic E-state index is -1.07. The van der Waals surface area contributed by atoms with Gasteiger partial charge in [0.2, 0.25) is 0 Å². The van der Waals surface area contributed by atoms with Gasteiger partial charge < -0.3 is 15.0 Å². The predicted molar refractivity (Wildman–Crippen MR) is 87.9 cm³/mol. The summed E-state index contributed by atoms with van der Waals surface area (Å²) in [4.78, 5) is 31.2. The number of imidazole rings is 1. The Morgan fingerprint density at radius 3 is 2.67 bits per heavy atom. The Bertz CT molecular complexity index is 900. The van der Waals surface area contributed by atoms with Crippen molar-refractivity contribution in [2.24, 2.45) is 7.05 Å². The van der Waals surface area contributed by atoms with E-state index in [0.717, 1.165) is 16.9 Å². The number of aromatic nitrogens is 3. The molecule has 1 aromatic carbocycles. The number of amides is 1. The summed E-state index contributed by atoms with van der Waals surface area (Å²) in [6.07, 6.45) is 1.76. The number of para-hydroxylation sites is 2. The van der Waals surface area contributed by atoms with E-state index in [0.29, 0.717) is 13.0 Å². The molecule has 2 heterocycles. The maximum atomic E-state index is 12.0. The zero-order valence-electron chi connectivity index (χ0n) is 13.1. The van der Waals surface area contributed by atoms with E-state index in [1.54, 1.807) is 0 Å². The number of carboxylic acid groups (broad SMARTS) is 1. The normalized spacial score (nSPS) is 10.7. The van der Waals surface area contributed by atoms with Gasteiger partial charge in [0.1, 0.15) is 11.5 Å². The van der Waals surface area contributed by atoms with Gasteiger partial charge in [-0.3, -0.25) is 9.78 Å². The molecule has 0 fully saturated rings. The van der Waals surface area contributed by atoms with Crippen LogP contribution in [0, 0.1) is 0 Å². The summed E-state index contributed by atoms with van der Waals surface area (Å²) in [6.45, 7) is 0.415. The van der Waals surface area contributed by atoms with Crippen molar-refractivity contribution >= 4 is 22.9 Å². The van der Waals surface area contributed by atoms with Crippen LogP contribution < -0.4 is 5.32 Å². The number of benzene rings is 1. The topological polar surface area (TPSA) is 97.1 Å². The molecule has 0 saturated heterocycles. The second-order valence-corrected chi connectivity index (χ2v) is 5.32. The minimum Gasteiger partial charge on any atom is -0.478 e. The number of aryl methyl sites for hydroxylation is 1. The van der Waals surface area contributed by atoms with Gasteiger partial charge in [0.05, 0.1) is 16.6 Å². The van der Waals surface area contributed by atoms with E-state index in [1.807, 2.05) is 35.9 Å². The summed E-state index contributed by atoms with van der Waals surface area (Å²) in [5.41, 5.74) is 2.20. The maximum Gasteiger partial charge on any atom is 0.337 e. The smallest absolute Gasteiger partial charge is 0.337 e. The number of hydrogen-bond acceptors (Lipinski definition) is 4. The zero-order valence-corrected chi connectivity index (χ0v) is 13.1. The van der Waals surface area contributed by atoms with Crippen LogP contribution in [0.2, 0.25) is 0 Å². The van der Waals surface area contributed by atoms with Gasteiger partial charge in [0.25, 0.3) is 5.91 Å². The van der Waals surface area contributed by atoms with Gasteiger partial charge in [-0.25, -0.2) is 9.78 Å². The second kappa shape index (κ2) is 6.49. The first kappa shape index (κ1) is 15.7. The van der Waals surface area contributed by atoms with Crippen molar-refractivity contribution in [1.29, 1.82) is 0 Å². The molecule has 1 amide bonds. The third-order valence-electron chi connectivity index (χ3n) is 3.76. The highest BCUT2D eigenvalue weighted by molar-refractivity contribution is 5.93. The van der Waals surface area contributed by atoms with Crippen LogP contribution in [0.4, 0.5) is 0 Å². The molecule has 2 aromatic heterocycles. The monoisotopic (exact) mass is 324 g/mol. The fourth-order valence-corrected chi connectivity index (χ4v) is 2.45. The highest BCUT2D eigenvalue weighted by atomic mass is 16.4. The molecule has 0 radical (unpaired) electrons. The van der Waals surface area contributed by atoms with Crippen LogP contribution in [0.15, 0.2) is 42.6 Å². The summed E-state index contributed by atoms with van der Waals surface area (Å²) in [5, 5.41) is 11.6. The van der Waals surface area contributed by atoms with E-state index in [2.05, 4.69) is 15.3 Å². The largest absolute Gasteiger partial charge is 0.478 e. The van der Waals surface area contributed by atoms with Crippen LogP contribution >= 0.6 is 0 Å². The summed E-state index contributed by atoms with van der Waals surface area (Å²) >= 11 is 0. The van der Waals surface area contributed by atoms with E-state index >= 15 is 0 Å². The molecule has 0 saturated carbocycles. The number of hydrogen-bond donors (Lipinski definition) is 2. The molecular formula is C17H16N4O3. The van der Waals surface area contributed by atoms with Crippen molar-refractivity contribution in [2.45, 2.75) is 6.42 Å². The number of aromatic carboxylic acids is 1. The molecule has 3 aromatic rings. The Morgan fingerprint density at radius 1 is 1.21 bits per heavy atom. The van der Waals surface area contributed by atoms with E-state index in [9.17, 15) is 9.59 Å². The standard InChI is InChI=1S/C17H16N4O3/c1-21-14-5-3-2-4-12(14)20-15(21)8-9-18-16(22)13-7-6-11(10-19-13)17(23)24/h2-7,10H,8-9H2,1H3,(H,18,22)(H,23,24). The first-order valence-electron chi connectivity index (χ1n) is 7.44. The summed E-state index contributed by atoms with van der Waals surface area (Å²) in [5.74, 6) is -0.535. The summed E-state index contributed by atoms with van der Waals surface area (Å²) in [6, 6.07) is 10.6. The van der Waals surface area contributed by atoms with Crippen molar-refractivity contribution in [3.8, 4) is 0 Å². The van der Waals surface area contributed by atoms with Crippen molar-refractivity contribution in [3.05, 3.63) is 59.7 Å². The van der Waals surface area contributed by atoms with Crippen LogP contribution in [0.5, 0.6) is 0 Å². The number of nitrogens with one attached hydrogen (secondary N) is 1. The van der Waals surface area contributed by atoms with Gasteiger partial charge >= 0.3 is 5.97 Å². The van der Waals surface area contributed by atoms with E-state index < -0.39 is 5.97 Å². The number of carboxylic acids is 1. The van der Waals surface area contributed by atoms with Crippen LogP contribution in [-0.4, -0.2) is 38.1 Å². The lowest BCUT2D eigenvalue weighted by Crippen LogP contribution is -2.27. The molecule has 0 spiro atoms. The zero-order chi connectivity index (χ0) is 17.1. The third-order valence-corrected chi connectivity index (χ3v) is 3.76. The molecule has 2 N–H and O–H groups in total. The first-order chi connectivity index (χ1) is 11.6.